The SMILES string of the molecule is O=C(NCC=Cc1ccc(O)cc1O)OCC1c2ccccc2-c2ccccc21. The number of amides is 1. The van der Waals surface area contributed by atoms with Crippen LogP contribution in [0.2, 0.25) is 0 Å². The van der Waals surface area contributed by atoms with Gasteiger partial charge in [-0.05, 0) is 34.4 Å². The number of phenolic OH excluding ortho intramolecular Hbond substituents is 2. The second kappa shape index (κ2) is 8.10. The molecular formula is C24H21NO4. The summed E-state index contributed by atoms with van der Waals surface area (Å²) < 4.78 is 5.47. The minimum absolute atomic E-state index is 0.00332. The van der Waals surface area contributed by atoms with Crippen LogP contribution in [-0.2, 0) is 4.74 Å². The van der Waals surface area contributed by atoms with Crippen molar-refractivity contribution in [2.24, 2.45) is 0 Å². The number of aromatic hydroxyl groups is 2. The monoisotopic (exact) mass is 387 g/mol. The third-order valence-electron chi connectivity index (χ3n) is 5.02. The normalized spacial score (nSPS) is 12.6. The second-order valence-electron chi connectivity index (χ2n) is 6.85. The molecule has 4 rings (SSSR count). The number of hydrogen-bond acceptors (Lipinski definition) is 4. The Morgan fingerprint density at radius 3 is 2.28 bits per heavy atom. The summed E-state index contributed by atoms with van der Waals surface area (Å²) >= 11 is 0. The smallest absolute Gasteiger partial charge is 0.407 e. The first-order valence-electron chi connectivity index (χ1n) is 9.41. The molecule has 0 saturated heterocycles. The highest BCUT2D eigenvalue weighted by molar-refractivity contribution is 5.79. The molecule has 5 heteroatoms. The number of carbonyl (C=O) groups excluding carboxylic acids is 1. The number of rotatable bonds is 5. The summed E-state index contributed by atoms with van der Waals surface area (Å²) in [7, 11) is 0. The Labute approximate surface area is 168 Å². The third kappa shape index (κ3) is 3.94. The molecule has 0 aliphatic heterocycles. The van der Waals surface area contributed by atoms with Crippen LogP contribution in [0.3, 0.4) is 0 Å². The minimum Gasteiger partial charge on any atom is -0.508 e. The zero-order chi connectivity index (χ0) is 20.2. The topological polar surface area (TPSA) is 78.8 Å². The largest absolute Gasteiger partial charge is 0.508 e. The van der Waals surface area contributed by atoms with E-state index >= 15 is 0 Å². The Balaban J connectivity index is 1.34. The van der Waals surface area contributed by atoms with Gasteiger partial charge in [0.2, 0.25) is 0 Å². The third-order valence-corrected chi connectivity index (χ3v) is 5.02. The van der Waals surface area contributed by atoms with E-state index in [1.54, 1.807) is 18.2 Å². The molecule has 1 amide bonds. The maximum Gasteiger partial charge on any atom is 0.407 e. The number of alkyl carbamates (subject to hydrolysis) is 1. The van der Waals surface area contributed by atoms with Crippen LogP contribution < -0.4 is 5.32 Å². The van der Waals surface area contributed by atoms with E-state index < -0.39 is 6.09 Å². The molecule has 0 aromatic heterocycles. The quantitative estimate of drug-likeness (QED) is 0.595. The van der Waals surface area contributed by atoms with Crippen LogP contribution in [0.25, 0.3) is 17.2 Å². The number of phenols is 2. The van der Waals surface area contributed by atoms with Crippen molar-refractivity contribution in [3.63, 3.8) is 0 Å². The summed E-state index contributed by atoms with van der Waals surface area (Å²) in [4.78, 5) is 12.1. The molecule has 29 heavy (non-hydrogen) atoms. The molecule has 3 aromatic carbocycles. The van der Waals surface area contributed by atoms with Crippen LogP contribution in [0, 0.1) is 0 Å². The van der Waals surface area contributed by atoms with E-state index in [-0.39, 0.29) is 30.6 Å². The number of hydrogen-bond donors (Lipinski definition) is 3. The van der Waals surface area contributed by atoms with Crippen LogP contribution in [0.4, 0.5) is 4.79 Å². The van der Waals surface area contributed by atoms with Gasteiger partial charge in [-0.3, -0.25) is 0 Å². The van der Waals surface area contributed by atoms with Crippen molar-refractivity contribution in [2.45, 2.75) is 5.92 Å². The van der Waals surface area contributed by atoms with E-state index in [0.29, 0.717) is 5.56 Å². The summed E-state index contributed by atoms with van der Waals surface area (Å²) in [5.74, 6) is -0.00330. The Morgan fingerprint density at radius 2 is 1.62 bits per heavy atom. The van der Waals surface area contributed by atoms with E-state index in [1.807, 2.05) is 24.3 Å². The van der Waals surface area contributed by atoms with E-state index in [2.05, 4.69) is 29.6 Å². The van der Waals surface area contributed by atoms with Crippen molar-refractivity contribution in [1.29, 1.82) is 0 Å². The second-order valence-corrected chi connectivity index (χ2v) is 6.85. The van der Waals surface area contributed by atoms with E-state index in [0.717, 1.165) is 0 Å². The lowest BCUT2D eigenvalue weighted by Crippen LogP contribution is -2.26. The number of carbonyl (C=O) groups is 1. The first-order valence-corrected chi connectivity index (χ1v) is 9.41. The lowest BCUT2D eigenvalue weighted by atomic mass is 9.98. The van der Waals surface area contributed by atoms with Crippen LogP contribution in [0.15, 0.2) is 72.8 Å². The van der Waals surface area contributed by atoms with E-state index in [4.69, 9.17) is 4.74 Å². The maximum absolute atomic E-state index is 12.1. The van der Waals surface area contributed by atoms with Crippen molar-refractivity contribution in [3.8, 4) is 22.6 Å². The molecule has 1 aliphatic rings. The fourth-order valence-electron chi connectivity index (χ4n) is 3.65. The average Bonchev–Trinajstić information content (AvgIpc) is 3.05. The summed E-state index contributed by atoms with van der Waals surface area (Å²) in [6.45, 7) is 0.527. The van der Waals surface area contributed by atoms with Gasteiger partial charge in [0.05, 0.1) is 0 Å². The molecular weight excluding hydrogens is 366 g/mol. The first-order chi connectivity index (χ1) is 14.1. The summed E-state index contributed by atoms with van der Waals surface area (Å²) in [6.07, 6.45) is 2.87. The highest BCUT2D eigenvalue weighted by atomic mass is 16.5. The van der Waals surface area contributed by atoms with Gasteiger partial charge in [-0.1, -0.05) is 60.7 Å². The lowest BCUT2D eigenvalue weighted by molar-refractivity contribution is 0.144. The molecule has 0 bridgehead atoms. The predicted octanol–water partition coefficient (Wildman–Crippen LogP) is 4.65. The Morgan fingerprint density at radius 1 is 0.966 bits per heavy atom. The van der Waals surface area contributed by atoms with Crippen molar-refractivity contribution in [1.82, 2.24) is 5.32 Å². The molecule has 0 atom stereocenters. The number of ether oxygens (including phenoxy) is 1. The summed E-state index contributed by atoms with van der Waals surface area (Å²) in [5.41, 5.74) is 5.27. The van der Waals surface area contributed by atoms with Crippen LogP contribution in [0.1, 0.15) is 22.6 Å². The molecule has 1 aliphatic carbocycles. The van der Waals surface area contributed by atoms with Crippen molar-refractivity contribution < 1.29 is 19.7 Å². The zero-order valence-corrected chi connectivity index (χ0v) is 15.7. The molecule has 3 aromatic rings. The first kappa shape index (κ1) is 18.6. The molecule has 0 fully saturated rings. The summed E-state index contributed by atoms with van der Waals surface area (Å²) in [5, 5.41) is 21.7. The molecule has 5 nitrogen and oxygen atoms in total. The minimum atomic E-state index is -0.494. The van der Waals surface area contributed by atoms with Gasteiger partial charge in [0, 0.05) is 24.1 Å². The van der Waals surface area contributed by atoms with Crippen LogP contribution >= 0.6 is 0 Å². The molecule has 0 saturated carbocycles. The van der Waals surface area contributed by atoms with Gasteiger partial charge >= 0.3 is 6.09 Å². The molecule has 0 spiro atoms. The van der Waals surface area contributed by atoms with Crippen molar-refractivity contribution >= 4 is 12.2 Å². The fraction of sp³-hybridized carbons (Fsp3) is 0.125. The standard InChI is InChI=1S/C24H21NO4/c26-17-12-11-16(23(27)14-17)6-5-13-25-24(28)29-15-22-20-9-3-1-7-18(20)19-8-2-4-10-21(19)22/h1-12,14,22,26-27H,13,15H2,(H,25,28). The highest BCUT2D eigenvalue weighted by Gasteiger charge is 2.28. The number of benzene rings is 3. The fourth-order valence-corrected chi connectivity index (χ4v) is 3.65. The van der Waals surface area contributed by atoms with Gasteiger partial charge < -0.3 is 20.3 Å². The molecule has 146 valence electrons. The molecule has 3 N–H and O–H groups in total. The van der Waals surface area contributed by atoms with Gasteiger partial charge in [0.15, 0.2) is 0 Å². The predicted molar refractivity (Wildman–Crippen MR) is 112 cm³/mol. The van der Waals surface area contributed by atoms with Crippen LogP contribution in [0.5, 0.6) is 11.5 Å². The van der Waals surface area contributed by atoms with Gasteiger partial charge in [-0.15, -0.1) is 0 Å². The Kier molecular flexibility index (Phi) is 5.20. The highest BCUT2D eigenvalue weighted by Crippen LogP contribution is 2.44. The summed E-state index contributed by atoms with van der Waals surface area (Å²) in [6, 6.07) is 20.7. The van der Waals surface area contributed by atoms with Gasteiger partial charge in [0.25, 0.3) is 0 Å². The van der Waals surface area contributed by atoms with Gasteiger partial charge in [0.1, 0.15) is 18.1 Å². The van der Waals surface area contributed by atoms with Crippen LogP contribution in [-0.4, -0.2) is 29.5 Å². The molecule has 0 unspecified atom stereocenters. The Bertz CT molecular complexity index is 1030. The average molecular weight is 387 g/mol. The van der Waals surface area contributed by atoms with Crippen molar-refractivity contribution in [2.75, 3.05) is 13.2 Å². The van der Waals surface area contributed by atoms with Gasteiger partial charge in [-0.25, -0.2) is 4.79 Å². The number of nitrogens with one attached hydrogen (secondary N) is 1. The zero-order valence-electron chi connectivity index (χ0n) is 15.7. The lowest BCUT2D eigenvalue weighted by Gasteiger charge is -2.14. The Hall–Kier alpha value is -3.73. The van der Waals surface area contributed by atoms with Crippen molar-refractivity contribution in [3.05, 3.63) is 89.5 Å². The van der Waals surface area contributed by atoms with E-state index in [1.165, 1.54) is 34.4 Å². The molecule has 0 heterocycles. The van der Waals surface area contributed by atoms with Gasteiger partial charge in [-0.2, -0.15) is 0 Å². The number of fused-ring (bicyclic) bond motifs is 3. The van der Waals surface area contributed by atoms with E-state index in [9.17, 15) is 15.0 Å². The maximum atomic E-state index is 12.1. The molecule has 0 radical (unpaired) electrons.